The monoisotopic (exact) mass is 319 g/mol. The van der Waals surface area contributed by atoms with Gasteiger partial charge in [-0.3, -0.25) is 4.79 Å². The van der Waals surface area contributed by atoms with Crippen molar-refractivity contribution < 1.29 is 18.0 Å². The highest BCUT2D eigenvalue weighted by atomic mass is 19.2. The van der Waals surface area contributed by atoms with Crippen molar-refractivity contribution in [2.45, 2.75) is 6.42 Å². The molecule has 0 fully saturated rings. The summed E-state index contributed by atoms with van der Waals surface area (Å²) >= 11 is 0. The molecule has 118 valence electrons. The molecule has 0 aliphatic carbocycles. The molecule has 2 heterocycles. The number of halogens is 3. The molecule has 0 saturated heterocycles. The zero-order valence-electron chi connectivity index (χ0n) is 11.9. The van der Waals surface area contributed by atoms with Crippen molar-refractivity contribution in [1.82, 2.24) is 14.7 Å². The van der Waals surface area contributed by atoms with E-state index in [0.29, 0.717) is 6.42 Å². The van der Waals surface area contributed by atoms with Crippen LogP contribution in [0.3, 0.4) is 0 Å². The second-order valence-corrected chi connectivity index (χ2v) is 4.90. The lowest BCUT2D eigenvalue weighted by Crippen LogP contribution is -2.27. The molecule has 0 unspecified atom stereocenters. The second kappa shape index (κ2) is 6.12. The molecular weight excluding hydrogens is 307 g/mol. The second-order valence-electron chi connectivity index (χ2n) is 4.90. The third-order valence-electron chi connectivity index (χ3n) is 3.43. The van der Waals surface area contributed by atoms with Crippen molar-refractivity contribution in [2.75, 3.05) is 6.54 Å². The van der Waals surface area contributed by atoms with Gasteiger partial charge in [0, 0.05) is 19.2 Å². The molecular formula is C16H12F3N3O. The van der Waals surface area contributed by atoms with E-state index in [0.717, 1.165) is 23.5 Å². The van der Waals surface area contributed by atoms with E-state index in [2.05, 4.69) is 10.3 Å². The van der Waals surface area contributed by atoms with Crippen molar-refractivity contribution >= 4 is 11.4 Å². The summed E-state index contributed by atoms with van der Waals surface area (Å²) in [5, 5.41) is 2.47. The molecule has 7 heteroatoms. The number of pyridine rings is 1. The first kappa shape index (κ1) is 15.1. The van der Waals surface area contributed by atoms with E-state index >= 15 is 0 Å². The predicted octanol–water partition coefficient (Wildman–Crippen LogP) is 2.72. The van der Waals surface area contributed by atoms with E-state index in [4.69, 9.17) is 0 Å². The number of aromatic nitrogens is 2. The molecule has 3 rings (SSSR count). The van der Waals surface area contributed by atoms with Crippen molar-refractivity contribution in [3.05, 3.63) is 71.6 Å². The Morgan fingerprint density at radius 2 is 1.96 bits per heavy atom. The van der Waals surface area contributed by atoms with Crippen LogP contribution in [0.15, 0.2) is 42.7 Å². The molecule has 0 aliphatic heterocycles. The number of rotatable bonds is 4. The third kappa shape index (κ3) is 2.90. The van der Waals surface area contributed by atoms with Gasteiger partial charge >= 0.3 is 0 Å². The highest BCUT2D eigenvalue weighted by molar-refractivity contribution is 5.94. The average molecular weight is 319 g/mol. The number of carbonyl (C=O) groups excluding carboxylic acids is 1. The summed E-state index contributed by atoms with van der Waals surface area (Å²) in [6.45, 7) is 0.186. The fraction of sp³-hybridized carbons (Fsp3) is 0.125. The highest BCUT2D eigenvalue weighted by Gasteiger charge is 2.18. The standard InChI is InChI=1S/C16H12F3N3O/c17-12-5-4-11(14(18)15(12)19)16(23)20-7-6-13-21-9-10-3-1-2-8-22(10)13/h1-5,8-9H,6-7H2,(H,20,23). The lowest BCUT2D eigenvalue weighted by atomic mass is 10.2. The van der Waals surface area contributed by atoms with Gasteiger partial charge in [-0.1, -0.05) is 6.07 Å². The van der Waals surface area contributed by atoms with Gasteiger partial charge in [-0.25, -0.2) is 18.2 Å². The van der Waals surface area contributed by atoms with E-state index in [1.807, 2.05) is 28.8 Å². The Hall–Kier alpha value is -2.83. The fourth-order valence-electron chi connectivity index (χ4n) is 2.27. The predicted molar refractivity (Wildman–Crippen MR) is 77.5 cm³/mol. The molecule has 23 heavy (non-hydrogen) atoms. The number of imidazole rings is 1. The number of nitrogens with one attached hydrogen (secondary N) is 1. The van der Waals surface area contributed by atoms with Gasteiger partial charge in [-0.05, 0) is 24.3 Å². The van der Waals surface area contributed by atoms with E-state index in [1.165, 1.54) is 0 Å². The fourth-order valence-corrected chi connectivity index (χ4v) is 2.27. The molecule has 0 atom stereocenters. The molecule has 1 N–H and O–H groups in total. The normalized spacial score (nSPS) is 10.9. The topological polar surface area (TPSA) is 46.4 Å². The van der Waals surface area contributed by atoms with E-state index in [1.54, 1.807) is 6.20 Å². The number of fused-ring (bicyclic) bond motifs is 1. The van der Waals surface area contributed by atoms with Crippen LogP contribution in [0.5, 0.6) is 0 Å². The lowest BCUT2D eigenvalue weighted by Gasteiger charge is -2.07. The molecule has 0 spiro atoms. The molecule has 0 bridgehead atoms. The van der Waals surface area contributed by atoms with Gasteiger partial charge in [0.1, 0.15) is 5.82 Å². The molecule has 2 aromatic heterocycles. The van der Waals surface area contributed by atoms with Crippen LogP contribution in [-0.4, -0.2) is 21.8 Å². The summed E-state index contributed by atoms with van der Waals surface area (Å²) in [6, 6.07) is 7.26. The van der Waals surface area contributed by atoms with Crippen molar-refractivity contribution in [2.24, 2.45) is 0 Å². The maximum Gasteiger partial charge on any atom is 0.254 e. The number of carbonyl (C=O) groups is 1. The third-order valence-corrected chi connectivity index (χ3v) is 3.43. The SMILES string of the molecule is O=C(NCCc1ncc2ccccn12)c1ccc(F)c(F)c1F. The lowest BCUT2D eigenvalue weighted by molar-refractivity contribution is 0.0948. The Kier molecular flexibility index (Phi) is 4.01. The molecule has 0 aliphatic rings. The van der Waals surface area contributed by atoms with Gasteiger partial charge in [0.05, 0.1) is 17.3 Å². The Morgan fingerprint density at radius 1 is 1.13 bits per heavy atom. The van der Waals surface area contributed by atoms with Gasteiger partial charge in [0.25, 0.3) is 5.91 Å². The first-order valence-corrected chi connectivity index (χ1v) is 6.90. The summed E-state index contributed by atoms with van der Waals surface area (Å²) < 4.78 is 41.4. The number of hydrogen-bond acceptors (Lipinski definition) is 2. The van der Waals surface area contributed by atoms with Gasteiger partial charge < -0.3 is 9.72 Å². The first-order valence-electron chi connectivity index (χ1n) is 6.90. The molecule has 0 radical (unpaired) electrons. The first-order chi connectivity index (χ1) is 11.1. The van der Waals surface area contributed by atoms with Crippen LogP contribution in [0, 0.1) is 17.5 Å². The Bertz CT molecular complexity index is 876. The van der Waals surface area contributed by atoms with E-state index < -0.39 is 28.9 Å². The summed E-state index contributed by atoms with van der Waals surface area (Å²) in [7, 11) is 0. The van der Waals surface area contributed by atoms with Crippen LogP contribution in [0.25, 0.3) is 5.52 Å². The summed E-state index contributed by atoms with van der Waals surface area (Å²) in [4.78, 5) is 16.1. The van der Waals surface area contributed by atoms with Crippen LogP contribution < -0.4 is 5.32 Å². The van der Waals surface area contributed by atoms with Gasteiger partial charge in [0.2, 0.25) is 0 Å². The minimum absolute atomic E-state index is 0.186. The number of benzene rings is 1. The highest BCUT2D eigenvalue weighted by Crippen LogP contribution is 2.15. The van der Waals surface area contributed by atoms with Crippen LogP contribution in [-0.2, 0) is 6.42 Å². The van der Waals surface area contributed by atoms with E-state index in [9.17, 15) is 18.0 Å². The minimum atomic E-state index is -1.66. The average Bonchev–Trinajstić information content (AvgIpc) is 2.96. The van der Waals surface area contributed by atoms with Crippen molar-refractivity contribution in [1.29, 1.82) is 0 Å². The Morgan fingerprint density at radius 3 is 2.78 bits per heavy atom. The smallest absolute Gasteiger partial charge is 0.254 e. The van der Waals surface area contributed by atoms with Gasteiger partial charge in [0.15, 0.2) is 17.5 Å². The number of nitrogens with zero attached hydrogens (tertiary/aromatic N) is 2. The maximum atomic E-state index is 13.5. The number of amides is 1. The van der Waals surface area contributed by atoms with Crippen LogP contribution in [0.2, 0.25) is 0 Å². The zero-order valence-corrected chi connectivity index (χ0v) is 11.9. The van der Waals surface area contributed by atoms with Crippen molar-refractivity contribution in [3.63, 3.8) is 0 Å². The quantitative estimate of drug-likeness (QED) is 0.752. The Balaban J connectivity index is 1.67. The van der Waals surface area contributed by atoms with Gasteiger partial charge in [-0.15, -0.1) is 0 Å². The van der Waals surface area contributed by atoms with Crippen molar-refractivity contribution in [3.8, 4) is 0 Å². The summed E-state index contributed by atoms with van der Waals surface area (Å²) in [5.41, 5.74) is 0.386. The molecule has 3 aromatic rings. The molecule has 1 aromatic carbocycles. The maximum absolute atomic E-state index is 13.5. The Labute approximate surface area is 129 Å². The van der Waals surface area contributed by atoms with Crippen LogP contribution in [0.1, 0.15) is 16.2 Å². The minimum Gasteiger partial charge on any atom is -0.351 e. The van der Waals surface area contributed by atoms with Crippen LogP contribution >= 0.6 is 0 Å². The largest absolute Gasteiger partial charge is 0.351 e. The van der Waals surface area contributed by atoms with Gasteiger partial charge in [-0.2, -0.15) is 0 Å². The number of hydrogen-bond donors (Lipinski definition) is 1. The summed E-state index contributed by atoms with van der Waals surface area (Å²) in [5.74, 6) is -4.55. The molecule has 1 amide bonds. The van der Waals surface area contributed by atoms with Crippen LogP contribution in [0.4, 0.5) is 13.2 Å². The summed E-state index contributed by atoms with van der Waals surface area (Å²) in [6.07, 6.45) is 3.95. The molecule has 4 nitrogen and oxygen atoms in total. The molecule has 0 saturated carbocycles. The zero-order chi connectivity index (χ0) is 16.4. The van der Waals surface area contributed by atoms with E-state index in [-0.39, 0.29) is 6.54 Å².